The Bertz CT molecular complexity index is 1030. The quantitative estimate of drug-likeness (QED) is 0.403. The molecule has 2 aromatic rings. The lowest BCUT2D eigenvalue weighted by Gasteiger charge is -2.12. The Morgan fingerprint density at radius 1 is 1.10 bits per heavy atom. The molecular weight excluding hydrogens is 445 g/mol. The number of carbonyl (C=O) groups is 2. The van der Waals surface area contributed by atoms with Gasteiger partial charge in [0.2, 0.25) is 15.9 Å². The van der Waals surface area contributed by atoms with E-state index in [0.717, 1.165) is 24.6 Å². The Labute approximate surface area is 184 Å². The van der Waals surface area contributed by atoms with Gasteiger partial charge in [-0.05, 0) is 49.2 Å². The summed E-state index contributed by atoms with van der Waals surface area (Å²) >= 11 is 1.00. The van der Waals surface area contributed by atoms with Gasteiger partial charge in [-0.15, -0.1) is 11.8 Å². The highest BCUT2D eigenvalue weighted by molar-refractivity contribution is 8.00. The van der Waals surface area contributed by atoms with E-state index in [-0.39, 0.29) is 28.9 Å². The number of hydrogen-bond acceptors (Lipinski definition) is 6. The van der Waals surface area contributed by atoms with Crippen molar-refractivity contribution in [2.75, 3.05) is 18.9 Å². The monoisotopic (exact) mass is 467 g/mol. The zero-order valence-electron chi connectivity index (χ0n) is 16.5. The van der Waals surface area contributed by atoms with Gasteiger partial charge in [0, 0.05) is 23.6 Å². The Morgan fingerprint density at radius 3 is 2.52 bits per heavy atom. The molecule has 0 radical (unpaired) electrons. The molecule has 1 fully saturated rings. The second-order valence-corrected chi connectivity index (χ2v) is 9.52. The average Bonchev–Trinajstić information content (AvgIpc) is 3.29. The Balaban J connectivity index is 1.47. The van der Waals surface area contributed by atoms with E-state index in [2.05, 4.69) is 15.6 Å². The minimum absolute atomic E-state index is 0.0207. The number of ether oxygens (including phenoxy) is 1. The first-order chi connectivity index (χ1) is 14.8. The van der Waals surface area contributed by atoms with E-state index >= 15 is 0 Å². The van der Waals surface area contributed by atoms with Gasteiger partial charge in [0.05, 0.1) is 16.8 Å². The first kappa shape index (κ1) is 23.2. The predicted octanol–water partition coefficient (Wildman–Crippen LogP) is 1.84. The molecule has 1 atom stereocenters. The van der Waals surface area contributed by atoms with Crippen molar-refractivity contribution in [2.24, 2.45) is 0 Å². The number of rotatable bonds is 8. The van der Waals surface area contributed by atoms with Crippen molar-refractivity contribution in [3.8, 4) is 0 Å². The van der Waals surface area contributed by atoms with Gasteiger partial charge in [-0.1, -0.05) is 12.1 Å². The molecule has 1 saturated heterocycles. The van der Waals surface area contributed by atoms with Crippen LogP contribution in [-0.4, -0.2) is 45.2 Å². The third-order valence-corrected chi connectivity index (χ3v) is 6.95. The maximum atomic E-state index is 13.5. The Morgan fingerprint density at radius 2 is 1.84 bits per heavy atom. The molecule has 0 saturated carbocycles. The van der Waals surface area contributed by atoms with Gasteiger partial charge in [0.1, 0.15) is 5.82 Å². The molecule has 0 spiro atoms. The second-order valence-electron chi connectivity index (χ2n) is 6.73. The molecule has 2 aromatic carbocycles. The lowest BCUT2D eigenvalue weighted by Crippen LogP contribution is -2.42. The highest BCUT2D eigenvalue weighted by Gasteiger charge is 2.20. The molecule has 0 aliphatic carbocycles. The molecule has 11 heteroatoms. The van der Waals surface area contributed by atoms with Gasteiger partial charge in [-0.25, -0.2) is 17.5 Å². The Kier molecular flexibility index (Phi) is 8.02. The highest BCUT2D eigenvalue weighted by Crippen LogP contribution is 2.20. The van der Waals surface area contributed by atoms with E-state index in [1.54, 1.807) is 18.2 Å². The van der Waals surface area contributed by atoms with Gasteiger partial charge in [0.25, 0.3) is 5.91 Å². The summed E-state index contributed by atoms with van der Waals surface area (Å²) in [7, 11) is -3.72. The van der Waals surface area contributed by atoms with E-state index in [9.17, 15) is 22.4 Å². The molecule has 8 nitrogen and oxygen atoms in total. The number of carbonyl (C=O) groups excluding carboxylic acids is 2. The first-order valence-corrected chi connectivity index (χ1v) is 12.0. The molecule has 3 rings (SSSR count). The second kappa shape index (κ2) is 10.7. The van der Waals surface area contributed by atoms with E-state index in [1.165, 1.54) is 30.3 Å². The third kappa shape index (κ3) is 6.76. The van der Waals surface area contributed by atoms with E-state index in [4.69, 9.17) is 4.74 Å². The molecule has 2 amide bonds. The normalized spacial score (nSPS) is 16.1. The first-order valence-electron chi connectivity index (χ1n) is 9.53. The van der Waals surface area contributed by atoms with Crippen molar-refractivity contribution in [1.29, 1.82) is 0 Å². The van der Waals surface area contributed by atoms with E-state index in [1.807, 2.05) is 0 Å². The number of halogens is 1. The fraction of sp³-hybridized carbons (Fsp3) is 0.300. The summed E-state index contributed by atoms with van der Waals surface area (Å²) in [5.74, 6) is -1.64. The largest absolute Gasteiger partial charge is 0.377 e. The van der Waals surface area contributed by atoms with Gasteiger partial charge in [0.15, 0.2) is 0 Å². The molecule has 1 unspecified atom stereocenters. The van der Waals surface area contributed by atoms with Crippen LogP contribution in [0.4, 0.5) is 4.39 Å². The zero-order valence-corrected chi connectivity index (χ0v) is 18.1. The number of benzene rings is 2. The van der Waals surface area contributed by atoms with Crippen molar-refractivity contribution < 1.29 is 27.1 Å². The van der Waals surface area contributed by atoms with Crippen LogP contribution in [-0.2, 0) is 19.6 Å². The lowest BCUT2D eigenvalue weighted by atomic mass is 10.2. The molecule has 0 bridgehead atoms. The molecule has 1 aliphatic heterocycles. The summed E-state index contributed by atoms with van der Waals surface area (Å²) in [6, 6.07) is 11.4. The Hall–Kier alpha value is -2.47. The summed E-state index contributed by atoms with van der Waals surface area (Å²) in [6.07, 6.45) is 1.60. The predicted molar refractivity (Wildman–Crippen MR) is 113 cm³/mol. The molecule has 0 aromatic heterocycles. The van der Waals surface area contributed by atoms with Gasteiger partial charge in [-0.3, -0.25) is 20.4 Å². The van der Waals surface area contributed by atoms with Gasteiger partial charge < -0.3 is 4.74 Å². The number of amides is 2. The minimum Gasteiger partial charge on any atom is -0.377 e. The van der Waals surface area contributed by atoms with E-state index < -0.39 is 27.7 Å². The number of hydrogen-bond donors (Lipinski definition) is 3. The van der Waals surface area contributed by atoms with Crippen molar-refractivity contribution in [3.05, 3.63) is 59.9 Å². The van der Waals surface area contributed by atoms with Crippen LogP contribution in [0.5, 0.6) is 0 Å². The summed E-state index contributed by atoms with van der Waals surface area (Å²) < 4.78 is 46.1. The highest BCUT2D eigenvalue weighted by atomic mass is 32.2. The molecular formula is C20H22FN3O5S2. The van der Waals surface area contributed by atoms with Crippen molar-refractivity contribution in [3.63, 3.8) is 0 Å². The maximum absolute atomic E-state index is 13.5. The van der Waals surface area contributed by atoms with Crippen molar-refractivity contribution in [2.45, 2.75) is 28.7 Å². The SMILES string of the molecule is O=C(CSc1ccccc1F)NNC(=O)c1ccc(S(=O)(=O)NCC2CCCO2)cc1. The van der Waals surface area contributed by atoms with E-state index in [0.29, 0.717) is 11.5 Å². The molecule has 166 valence electrons. The van der Waals surface area contributed by atoms with Crippen LogP contribution in [0.1, 0.15) is 23.2 Å². The summed E-state index contributed by atoms with van der Waals surface area (Å²) in [5, 5.41) is 0. The van der Waals surface area contributed by atoms with Crippen LogP contribution in [0, 0.1) is 5.82 Å². The topological polar surface area (TPSA) is 114 Å². The van der Waals surface area contributed by atoms with Gasteiger partial charge >= 0.3 is 0 Å². The maximum Gasteiger partial charge on any atom is 0.269 e. The van der Waals surface area contributed by atoms with Crippen LogP contribution in [0.2, 0.25) is 0 Å². The number of thioether (sulfide) groups is 1. The number of hydrazine groups is 1. The standard InChI is InChI=1S/C20H22FN3O5S2/c21-17-5-1-2-6-18(17)30-13-19(25)23-24-20(26)14-7-9-16(10-8-14)31(27,28)22-12-15-4-3-11-29-15/h1-2,5-10,15,22H,3-4,11-13H2,(H,23,25)(H,24,26). The number of sulfonamides is 1. The lowest BCUT2D eigenvalue weighted by molar-refractivity contribution is -0.119. The molecule has 1 aliphatic rings. The summed E-state index contributed by atoms with van der Waals surface area (Å²) in [5.41, 5.74) is 4.65. The fourth-order valence-corrected chi connectivity index (χ4v) is 4.62. The van der Waals surface area contributed by atoms with Crippen LogP contribution in [0.15, 0.2) is 58.3 Å². The third-order valence-electron chi connectivity index (χ3n) is 4.46. The van der Waals surface area contributed by atoms with Crippen LogP contribution in [0.3, 0.4) is 0 Å². The van der Waals surface area contributed by atoms with Crippen LogP contribution < -0.4 is 15.6 Å². The van der Waals surface area contributed by atoms with Crippen molar-refractivity contribution >= 4 is 33.6 Å². The average molecular weight is 468 g/mol. The van der Waals surface area contributed by atoms with Gasteiger partial charge in [-0.2, -0.15) is 0 Å². The minimum atomic E-state index is -3.72. The molecule has 1 heterocycles. The van der Waals surface area contributed by atoms with Crippen LogP contribution in [0.25, 0.3) is 0 Å². The van der Waals surface area contributed by atoms with Crippen molar-refractivity contribution in [1.82, 2.24) is 15.6 Å². The number of nitrogens with one attached hydrogen (secondary N) is 3. The molecule has 3 N–H and O–H groups in total. The summed E-state index contributed by atoms with van der Waals surface area (Å²) in [4.78, 5) is 24.4. The zero-order chi connectivity index (χ0) is 22.3. The van der Waals surface area contributed by atoms with Crippen LogP contribution >= 0.6 is 11.8 Å². The smallest absolute Gasteiger partial charge is 0.269 e. The summed E-state index contributed by atoms with van der Waals surface area (Å²) in [6.45, 7) is 0.829. The fourth-order valence-electron chi connectivity index (χ4n) is 2.82. The molecule has 31 heavy (non-hydrogen) atoms.